The molecular weight excluding hydrogens is 406 g/mol. The van der Waals surface area contributed by atoms with E-state index in [0.717, 1.165) is 68.6 Å². The van der Waals surface area contributed by atoms with Crippen molar-refractivity contribution >= 4 is 0 Å². The second kappa shape index (κ2) is 9.59. The number of fused-ring (bicyclic) bond motifs is 1. The van der Waals surface area contributed by atoms with E-state index in [9.17, 15) is 0 Å². The Bertz CT molecular complexity index is 938. The van der Waals surface area contributed by atoms with Crippen molar-refractivity contribution in [3.05, 3.63) is 47.0 Å². The molecular formula is C26H35NO5. The second-order valence-electron chi connectivity index (χ2n) is 8.76. The van der Waals surface area contributed by atoms with Gasteiger partial charge in [0.1, 0.15) is 0 Å². The van der Waals surface area contributed by atoms with Gasteiger partial charge in [0.15, 0.2) is 23.0 Å². The highest BCUT2D eigenvalue weighted by atomic mass is 16.5. The molecule has 2 aliphatic heterocycles. The summed E-state index contributed by atoms with van der Waals surface area (Å²) in [5, 5.41) is 0. The van der Waals surface area contributed by atoms with Crippen LogP contribution in [0.25, 0.3) is 0 Å². The molecule has 0 bridgehead atoms. The average Bonchev–Trinajstić information content (AvgIpc) is 2.85. The topological polar surface area (TPSA) is 49.4 Å². The lowest BCUT2D eigenvalue weighted by atomic mass is 9.73. The van der Waals surface area contributed by atoms with Crippen LogP contribution in [0.4, 0.5) is 0 Å². The monoisotopic (exact) mass is 441 g/mol. The van der Waals surface area contributed by atoms with Gasteiger partial charge >= 0.3 is 0 Å². The summed E-state index contributed by atoms with van der Waals surface area (Å²) in [5.41, 5.74) is 3.98. The van der Waals surface area contributed by atoms with Gasteiger partial charge in [-0.1, -0.05) is 6.07 Å². The normalized spacial score (nSPS) is 20.3. The van der Waals surface area contributed by atoms with Gasteiger partial charge < -0.3 is 23.7 Å². The van der Waals surface area contributed by atoms with Gasteiger partial charge in [-0.05, 0) is 67.1 Å². The van der Waals surface area contributed by atoms with Crippen molar-refractivity contribution in [1.29, 1.82) is 0 Å². The summed E-state index contributed by atoms with van der Waals surface area (Å²) < 4.78 is 28.0. The van der Waals surface area contributed by atoms with Gasteiger partial charge in [-0.3, -0.25) is 4.90 Å². The molecule has 2 aliphatic rings. The van der Waals surface area contributed by atoms with Crippen LogP contribution in [0.15, 0.2) is 30.3 Å². The summed E-state index contributed by atoms with van der Waals surface area (Å²) in [5.74, 6) is 3.14. The van der Waals surface area contributed by atoms with Gasteiger partial charge in [0.25, 0.3) is 0 Å². The highest BCUT2D eigenvalue weighted by Crippen LogP contribution is 2.43. The van der Waals surface area contributed by atoms with E-state index < -0.39 is 0 Å². The van der Waals surface area contributed by atoms with E-state index in [1.807, 2.05) is 6.07 Å². The van der Waals surface area contributed by atoms with Crippen LogP contribution in [0.2, 0.25) is 0 Å². The maximum Gasteiger partial charge on any atom is 0.161 e. The minimum atomic E-state index is 0.0140. The molecule has 1 atom stereocenters. The molecule has 0 radical (unpaired) electrons. The third-order valence-corrected chi connectivity index (χ3v) is 7.26. The standard InChI is InChI=1S/C26H35NO5/c1-18-21-16-25(31-5)23(29-3)14-19(21)8-11-27(18)17-26(9-12-32-13-10-26)20-6-7-22(28-2)24(15-20)30-4/h6-7,14-16,18H,8-13,17H2,1-5H3. The van der Waals surface area contributed by atoms with Crippen LogP contribution in [0.5, 0.6) is 23.0 Å². The number of hydrogen-bond donors (Lipinski definition) is 0. The van der Waals surface area contributed by atoms with Gasteiger partial charge in [-0.2, -0.15) is 0 Å². The lowest BCUT2D eigenvalue weighted by Gasteiger charge is -2.45. The predicted molar refractivity (Wildman–Crippen MR) is 125 cm³/mol. The third kappa shape index (κ3) is 4.14. The molecule has 6 heteroatoms. The first kappa shape index (κ1) is 22.7. The SMILES string of the molecule is COc1ccc(C2(CN3CCc4cc(OC)c(OC)cc4C3C)CCOCC2)cc1OC. The molecule has 0 aliphatic carbocycles. The van der Waals surface area contributed by atoms with Crippen LogP contribution in [0.3, 0.4) is 0 Å². The fraction of sp³-hybridized carbons (Fsp3) is 0.538. The van der Waals surface area contributed by atoms with Crippen LogP contribution in [0.1, 0.15) is 42.5 Å². The number of benzene rings is 2. The molecule has 1 unspecified atom stereocenters. The predicted octanol–water partition coefficient (Wildman–Crippen LogP) is 4.39. The highest BCUT2D eigenvalue weighted by Gasteiger charge is 2.39. The molecule has 2 heterocycles. The maximum atomic E-state index is 5.77. The van der Waals surface area contributed by atoms with E-state index in [1.165, 1.54) is 16.7 Å². The molecule has 0 amide bonds. The maximum absolute atomic E-state index is 5.77. The summed E-state index contributed by atoms with van der Waals surface area (Å²) in [4.78, 5) is 2.61. The molecule has 0 aromatic heterocycles. The highest BCUT2D eigenvalue weighted by molar-refractivity contribution is 5.50. The van der Waals surface area contributed by atoms with E-state index in [1.54, 1.807) is 28.4 Å². The first-order valence-electron chi connectivity index (χ1n) is 11.3. The van der Waals surface area contributed by atoms with Gasteiger partial charge in [0.05, 0.1) is 28.4 Å². The summed E-state index contributed by atoms with van der Waals surface area (Å²) >= 11 is 0. The zero-order valence-electron chi connectivity index (χ0n) is 19.9. The molecule has 1 saturated heterocycles. The third-order valence-electron chi connectivity index (χ3n) is 7.26. The fourth-order valence-corrected chi connectivity index (χ4v) is 5.27. The zero-order valence-corrected chi connectivity index (χ0v) is 19.9. The van der Waals surface area contributed by atoms with E-state index in [4.69, 9.17) is 23.7 Å². The van der Waals surface area contributed by atoms with Crippen LogP contribution in [-0.2, 0) is 16.6 Å². The molecule has 174 valence electrons. The molecule has 2 aromatic carbocycles. The van der Waals surface area contributed by atoms with Crippen molar-refractivity contribution in [2.24, 2.45) is 0 Å². The Kier molecular flexibility index (Phi) is 6.82. The Balaban J connectivity index is 1.66. The van der Waals surface area contributed by atoms with Crippen LogP contribution < -0.4 is 18.9 Å². The Hall–Kier alpha value is -2.44. The van der Waals surface area contributed by atoms with Gasteiger partial charge in [-0.15, -0.1) is 0 Å². The van der Waals surface area contributed by atoms with Crippen LogP contribution >= 0.6 is 0 Å². The Labute approximate surface area is 191 Å². The van der Waals surface area contributed by atoms with Crippen molar-refractivity contribution < 1.29 is 23.7 Å². The number of ether oxygens (including phenoxy) is 5. The van der Waals surface area contributed by atoms with Gasteiger partial charge in [-0.25, -0.2) is 0 Å². The smallest absolute Gasteiger partial charge is 0.161 e. The first-order valence-corrected chi connectivity index (χ1v) is 11.3. The quantitative estimate of drug-likeness (QED) is 0.635. The minimum absolute atomic E-state index is 0.0140. The number of hydrogen-bond acceptors (Lipinski definition) is 6. The van der Waals surface area contributed by atoms with Crippen molar-refractivity contribution in [3.63, 3.8) is 0 Å². The average molecular weight is 442 g/mol. The van der Waals surface area contributed by atoms with Crippen molar-refractivity contribution in [1.82, 2.24) is 4.90 Å². The van der Waals surface area contributed by atoms with Crippen molar-refractivity contribution in [2.45, 2.75) is 37.6 Å². The van der Waals surface area contributed by atoms with E-state index >= 15 is 0 Å². The summed E-state index contributed by atoms with van der Waals surface area (Å²) in [6.45, 7) is 5.84. The van der Waals surface area contributed by atoms with Gasteiger partial charge in [0, 0.05) is 37.8 Å². The number of methoxy groups -OCH3 is 4. The largest absolute Gasteiger partial charge is 0.493 e. The Morgan fingerprint density at radius 2 is 1.50 bits per heavy atom. The summed E-state index contributed by atoms with van der Waals surface area (Å²) in [6.07, 6.45) is 2.98. The lowest BCUT2D eigenvalue weighted by Crippen LogP contribution is -2.47. The lowest BCUT2D eigenvalue weighted by molar-refractivity contribution is 0.0258. The van der Waals surface area contributed by atoms with E-state index in [2.05, 4.69) is 36.1 Å². The minimum Gasteiger partial charge on any atom is -0.493 e. The molecule has 32 heavy (non-hydrogen) atoms. The van der Waals surface area contributed by atoms with Gasteiger partial charge in [0.2, 0.25) is 0 Å². The second-order valence-corrected chi connectivity index (χ2v) is 8.76. The Morgan fingerprint density at radius 1 is 0.875 bits per heavy atom. The number of rotatable bonds is 7. The molecule has 0 saturated carbocycles. The first-order chi connectivity index (χ1) is 15.5. The fourth-order valence-electron chi connectivity index (χ4n) is 5.27. The molecule has 0 N–H and O–H groups in total. The summed E-state index contributed by atoms with van der Waals surface area (Å²) in [6, 6.07) is 11.0. The molecule has 0 spiro atoms. The molecule has 1 fully saturated rings. The number of nitrogens with zero attached hydrogens (tertiary/aromatic N) is 1. The summed E-state index contributed by atoms with van der Waals surface area (Å²) in [7, 11) is 6.77. The van der Waals surface area contributed by atoms with Crippen LogP contribution in [-0.4, -0.2) is 59.6 Å². The van der Waals surface area contributed by atoms with Crippen molar-refractivity contribution in [2.75, 3.05) is 54.7 Å². The Morgan fingerprint density at radius 3 is 2.16 bits per heavy atom. The molecule has 2 aromatic rings. The van der Waals surface area contributed by atoms with E-state index in [0.29, 0.717) is 6.04 Å². The zero-order chi connectivity index (χ0) is 22.7. The van der Waals surface area contributed by atoms with E-state index in [-0.39, 0.29) is 5.41 Å². The molecule has 4 rings (SSSR count). The van der Waals surface area contributed by atoms with Crippen LogP contribution in [0, 0.1) is 0 Å². The molecule has 6 nitrogen and oxygen atoms in total. The van der Waals surface area contributed by atoms with Crippen molar-refractivity contribution in [3.8, 4) is 23.0 Å².